The fraction of sp³-hybridized carbons (Fsp3) is 0.417. The van der Waals surface area contributed by atoms with E-state index in [0.717, 1.165) is 0 Å². The van der Waals surface area contributed by atoms with Crippen LogP contribution in [0.4, 0.5) is 17.1 Å². The van der Waals surface area contributed by atoms with Crippen molar-refractivity contribution in [3.8, 4) is 0 Å². The van der Waals surface area contributed by atoms with Crippen molar-refractivity contribution in [3.05, 3.63) is 27.8 Å². The summed E-state index contributed by atoms with van der Waals surface area (Å²) in [4.78, 5) is 23.7. The Hall–Kier alpha value is -2.15. The second kappa shape index (κ2) is 5.23. The molecule has 0 aliphatic carbocycles. The zero-order chi connectivity index (χ0) is 14.0. The molecule has 1 aromatic rings. The molecule has 7 heteroatoms. The van der Waals surface area contributed by atoms with Gasteiger partial charge in [0, 0.05) is 24.8 Å². The lowest BCUT2D eigenvalue weighted by Gasteiger charge is -2.22. The number of likely N-dealkylation sites (N-methyl/N-ethyl adjacent to an activating group) is 1. The molecule has 0 saturated carbocycles. The number of aliphatic hydroxyl groups excluding tert-OH is 1. The predicted molar refractivity (Wildman–Crippen MR) is 70.4 cm³/mol. The minimum Gasteiger partial charge on any atom is -0.395 e. The molecule has 0 aromatic heterocycles. The van der Waals surface area contributed by atoms with Crippen LogP contribution in [0.5, 0.6) is 0 Å². The lowest BCUT2D eigenvalue weighted by molar-refractivity contribution is -0.384. The van der Waals surface area contributed by atoms with Crippen LogP contribution in [-0.4, -0.2) is 35.6 Å². The fourth-order valence-electron chi connectivity index (χ4n) is 2.22. The number of nitrogens with one attached hydrogen (secondary N) is 1. The maximum absolute atomic E-state index is 11.3. The van der Waals surface area contributed by atoms with E-state index >= 15 is 0 Å². The average molecular weight is 265 g/mol. The Morgan fingerprint density at radius 3 is 2.84 bits per heavy atom. The molecule has 0 spiro atoms. The Bertz CT molecular complexity index is 530. The van der Waals surface area contributed by atoms with E-state index in [2.05, 4.69) is 5.32 Å². The van der Waals surface area contributed by atoms with Gasteiger partial charge in [-0.25, -0.2) is 0 Å². The summed E-state index contributed by atoms with van der Waals surface area (Å²) in [6, 6.07) is 3.04. The lowest BCUT2D eigenvalue weighted by atomic mass is 10.1. The molecule has 1 aliphatic heterocycles. The van der Waals surface area contributed by atoms with Gasteiger partial charge in [0.25, 0.3) is 5.69 Å². The molecule has 0 bridgehead atoms. The van der Waals surface area contributed by atoms with Crippen LogP contribution in [0, 0.1) is 10.1 Å². The van der Waals surface area contributed by atoms with Gasteiger partial charge in [-0.05, 0) is 18.6 Å². The van der Waals surface area contributed by atoms with E-state index in [1.165, 1.54) is 6.07 Å². The van der Waals surface area contributed by atoms with Gasteiger partial charge in [0.2, 0.25) is 5.91 Å². The molecule has 2 N–H and O–H groups in total. The third-order valence-corrected chi connectivity index (χ3v) is 3.11. The van der Waals surface area contributed by atoms with E-state index in [1.807, 2.05) is 6.92 Å². The Labute approximate surface area is 110 Å². The molecule has 0 atom stereocenters. The van der Waals surface area contributed by atoms with E-state index in [-0.39, 0.29) is 24.6 Å². The monoisotopic (exact) mass is 265 g/mol. The number of nitrogens with zero attached hydrogens (tertiary/aromatic N) is 2. The van der Waals surface area contributed by atoms with Crippen molar-refractivity contribution in [2.24, 2.45) is 0 Å². The number of amides is 1. The van der Waals surface area contributed by atoms with Crippen molar-refractivity contribution < 1.29 is 14.8 Å². The molecule has 0 fully saturated rings. The maximum Gasteiger partial charge on any atom is 0.292 e. The van der Waals surface area contributed by atoms with Crippen molar-refractivity contribution in [1.29, 1.82) is 0 Å². The molecule has 0 unspecified atom stereocenters. The van der Waals surface area contributed by atoms with Crippen LogP contribution >= 0.6 is 0 Å². The summed E-state index contributed by atoms with van der Waals surface area (Å²) in [5.41, 5.74) is 1.63. The normalized spacial score (nSPS) is 13.1. The van der Waals surface area contributed by atoms with Crippen molar-refractivity contribution >= 4 is 23.0 Å². The average Bonchev–Trinajstić information content (AvgIpc) is 2.73. The summed E-state index contributed by atoms with van der Waals surface area (Å²) in [5, 5.41) is 22.8. The molecule has 1 amide bonds. The summed E-state index contributed by atoms with van der Waals surface area (Å²) in [7, 11) is 0. The zero-order valence-electron chi connectivity index (χ0n) is 10.5. The Balaban J connectivity index is 2.49. The minimum atomic E-state index is -0.460. The van der Waals surface area contributed by atoms with Crippen LogP contribution in [0.1, 0.15) is 12.5 Å². The molecule has 1 aromatic carbocycles. The zero-order valence-corrected chi connectivity index (χ0v) is 10.5. The summed E-state index contributed by atoms with van der Waals surface area (Å²) in [6.45, 7) is 2.61. The lowest BCUT2D eigenvalue weighted by Crippen LogP contribution is -2.27. The van der Waals surface area contributed by atoms with Crippen LogP contribution < -0.4 is 10.2 Å². The number of hydrogen-bond donors (Lipinski definition) is 2. The highest BCUT2D eigenvalue weighted by molar-refractivity contribution is 6.00. The van der Waals surface area contributed by atoms with E-state index in [4.69, 9.17) is 5.11 Å². The maximum atomic E-state index is 11.3. The highest BCUT2D eigenvalue weighted by Gasteiger charge is 2.26. The number of carbonyl (C=O) groups excluding carboxylic acids is 1. The number of benzene rings is 1. The first-order chi connectivity index (χ1) is 9.06. The number of anilines is 2. The smallest absolute Gasteiger partial charge is 0.292 e. The first kappa shape index (κ1) is 13.3. The SMILES string of the molecule is CCN(CCO)c1cc2c(cc1[N+](=O)[O-])CC(=O)N2. The highest BCUT2D eigenvalue weighted by atomic mass is 16.6. The number of hydrogen-bond acceptors (Lipinski definition) is 5. The number of nitro groups is 1. The van der Waals surface area contributed by atoms with Gasteiger partial charge in [-0.1, -0.05) is 0 Å². The molecule has 102 valence electrons. The summed E-state index contributed by atoms with van der Waals surface area (Å²) < 4.78 is 0. The first-order valence-corrected chi connectivity index (χ1v) is 6.03. The van der Waals surface area contributed by atoms with Gasteiger partial charge in [0.05, 0.1) is 18.0 Å². The summed E-state index contributed by atoms with van der Waals surface area (Å²) in [6.07, 6.45) is 0.169. The van der Waals surface area contributed by atoms with Gasteiger partial charge in [-0.2, -0.15) is 0 Å². The Morgan fingerprint density at radius 2 is 2.26 bits per heavy atom. The number of fused-ring (bicyclic) bond motifs is 1. The van der Waals surface area contributed by atoms with Crippen molar-refractivity contribution in [3.63, 3.8) is 0 Å². The summed E-state index contributed by atoms with van der Waals surface area (Å²) >= 11 is 0. The third-order valence-electron chi connectivity index (χ3n) is 3.11. The predicted octanol–water partition coefficient (Wildman–Crippen LogP) is 0.908. The van der Waals surface area contributed by atoms with E-state index in [0.29, 0.717) is 30.0 Å². The standard InChI is InChI=1S/C12H15N3O4/c1-2-14(3-4-16)10-7-9-8(6-12(17)13-9)5-11(10)15(18)19/h5,7,16H,2-4,6H2,1H3,(H,13,17). The topological polar surface area (TPSA) is 95.7 Å². The Morgan fingerprint density at radius 1 is 1.53 bits per heavy atom. The molecule has 1 heterocycles. The van der Waals surface area contributed by atoms with Crippen molar-refractivity contribution in [2.75, 3.05) is 29.9 Å². The largest absolute Gasteiger partial charge is 0.395 e. The van der Waals surface area contributed by atoms with Crippen LogP contribution in [0.2, 0.25) is 0 Å². The van der Waals surface area contributed by atoms with E-state index in [9.17, 15) is 14.9 Å². The van der Waals surface area contributed by atoms with Gasteiger partial charge < -0.3 is 15.3 Å². The minimum absolute atomic E-state index is 0.0365. The van der Waals surface area contributed by atoms with E-state index in [1.54, 1.807) is 11.0 Å². The molecule has 0 saturated heterocycles. The summed E-state index contributed by atoms with van der Waals surface area (Å²) in [5.74, 6) is -0.161. The van der Waals surface area contributed by atoms with Gasteiger partial charge >= 0.3 is 0 Å². The van der Waals surface area contributed by atoms with Crippen LogP contribution in [0.25, 0.3) is 0 Å². The molecular formula is C12H15N3O4. The van der Waals surface area contributed by atoms with Crippen molar-refractivity contribution in [2.45, 2.75) is 13.3 Å². The van der Waals surface area contributed by atoms with Gasteiger partial charge in [-0.15, -0.1) is 0 Å². The number of aliphatic hydroxyl groups is 1. The van der Waals surface area contributed by atoms with Crippen LogP contribution in [0.3, 0.4) is 0 Å². The molecule has 19 heavy (non-hydrogen) atoms. The van der Waals surface area contributed by atoms with Crippen LogP contribution in [0.15, 0.2) is 12.1 Å². The highest BCUT2D eigenvalue weighted by Crippen LogP contribution is 2.36. The molecular weight excluding hydrogens is 250 g/mol. The molecule has 2 rings (SSSR count). The van der Waals surface area contributed by atoms with Gasteiger partial charge in [-0.3, -0.25) is 14.9 Å². The molecule has 7 nitrogen and oxygen atoms in total. The van der Waals surface area contributed by atoms with Crippen molar-refractivity contribution in [1.82, 2.24) is 0 Å². The van der Waals surface area contributed by atoms with Gasteiger partial charge in [0.1, 0.15) is 5.69 Å². The van der Waals surface area contributed by atoms with Crippen LogP contribution in [-0.2, 0) is 11.2 Å². The van der Waals surface area contributed by atoms with E-state index < -0.39 is 4.92 Å². The second-order valence-electron chi connectivity index (χ2n) is 4.28. The third kappa shape index (κ3) is 2.50. The quantitative estimate of drug-likeness (QED) is 0.609. The van der Waals surface area contributed by atoms with Gasteiger partial charge in [0.15, 0.2) is 0 Å². The number of nitro benzene ring substituents is 1. The first-order valence-electron chi connectivity index (χ1n) is 6.03. The number of rotatable bonds is 5. The molecule has 1 aliphatic rings. The Kier molecular flexibility index (Phi) is 3.66. The second-order valence-corrected chi connectivity index (χ2v) is 4.28. The number of carbonyl (C=O) groups is 1. The fourth-order valence-corrected chi connectivity index (χ4v) is 2.22. The molecule has 0 radical (unpaired) electrons.